The van der Waals surface area contributed by atoms with Crippen molar-refractivity contribution in [3.8, 4) is 0 Å². The van der Waals surface area contributed by atoms with Gasteiger partial charge in [-0.25, -0.2) is 0 Å². The molecular weight excluding hydrogens is 327 g/mol. The first kappa shape index (κ1) is 14.8. The molecule has 2 nitrogen and oxygen atoms in total. The minimum absolute atomic E-state index is 0.221. The number of ether oxygens (including phenoxy) is 1. The molecule has 0 saturated carbocycles. The van der Waals surface area contributed by atoms with E-state index in [0.717, 1.165) is 10.0 Å². The predicted molar refractivity (Wildman–Crippen MR) is 73.6 cm³/mol. The molecule has 5 heteroatoms. The fourth-order valence-electron chi connectivity index (χ4n) is 1.35. The number of esters is 1. The van der Waals surface area contributed by atoms with Gasteiger partial charge in [-0.05, 0) is 47.0 Å². The highest BCUT2D eigenvalue weighted by Crippen LogP contribution is 2.31. The van der Waals surface area contributed by atoms with Crippen LogP contribution in [0.15, 0.2) is 22.7 Å². The Hall–Kier alpha value is -0.250. The summed E-state index contributed by atoms with van der Waals surface area (Å²) in [6, 6.07) is 5.53. The summed E-state index contributed by atoms with van der Waals surface area (Å²) in [7, 11) is 0. The predicted octanol–water partition coefficient (Wildman–Crippen LogP) is 4.73. The Morgan fingerprint density at radius 3 is 2.82 bits per heavy atom. The van der Waals surface area contributed by atoms with Gasteiger partial charge >= 0.3 is 5.97 Å². The molecule has 0 saturated heterocycles. The van der Waals surface area contributed by atoms with Crippen LogP contribution in [0.4, 0.5) is 0 Å². The molecule has 0 aromatic heterocycles. The van der Waals surface area contributed by atoms with Crippen molar-refractivity contribution in [2.75, 3.05) is 6.61 Å². The lowest BCUT2D eigenvalue weighted by molar-refractivity contribution is -0.143. The van der Waals surface area contributed by atoms with Crippen molar-refractivity contribution in [2.45, 2.75) is 25.1 Å². The molecule has 0 aliphatic rings. The van der Waals surface area contributed by atoms with Crippen molar-refractivity contribution in [1.82, 2.24) is 0 Å². The molecule has 17 heavy (non-hydrogen) atoms. The molecule has 0 amide bonds. The Morgan fingerprint density at radius 2 is 2.24 bits per heavy atom. The summed E-state index contributed by atoms with van der Waals surface area (Å²) in [5.74, 6) is -0.221. The number of rotatable bonds is 5. The van der Waals surface area contributed by atoms with Crippen LogP contribution >= 0.6 is 39.1 Å². The van der Waals surface area contributed by atoms with Crippen LogP contribution in [0.25, 0.3) is 0 Å². The van der Waals surface area contributed by atoms with Crippen molar-refractivity contribution in [3.05, 3.63) is 33.3 Å². The maximum Gasteiger partial charge on any atom is 0.305 e. The zero-order valence-corrected chi connectivity index (χ0v) is 12.5. The van der Waals surface area contributed by atoms with Crippen LogP contribution in [0.1, 0.15) is 30.7 Å². The molecular formula is C12H13BrCl2O2. The van der Waals surface area contributed by atoms with Gasteiger partial charge in [-0.3, -0.25) is 4.79 Å². The second-order valence-electron chi connectivity index (χ2n) is 3.48. The number of carbonyl (C=O) groups excluding carboxylic acids is 1. The molecule has 1 aromatic carbocycles. The van der Waals surface area contributed by atoms with Crippen LogP contribution in [0.5, 0.6) is 0 Å². The van der Waals surface area contributed by atoms with E-state index < -0.39 is 0 Å². The van der Waals surface area contributed by atoms with Crippen molar-refractivity contribution < 1.29 is 9.53 Å². The quantitative estimate of drug-likeness (QED) is 0.572. The lowest BCUT2D eigenvalue weighted by Crippen LogP contribution is -2.05. The van der Waals surface area contributed by atoms with Crippen LogP contribution in [-0.2, 0) is 9.53 Å². The molecule has 0 bridgehead atoms. The highest BCUT2D eigenvalue weighted by atomic mass is 79.9. The van der Waals surface area contributed by atoms with E-state index in [1.54, 1.807) is 13.0 Å². The Labute approximate surface area is 119 Å². The zero-order chi connectivity index (χ0) is 12.8. The van der Waals surface area contributed by atoms with E-state index in [4.69, 9.17) is 27.9 Å². The smallest absolute Gasteiger partial charge is 0.305 e. The first-order valence-corrected chi connectivity index (χ1v) is 6.90. The fourth-order valence-corrected chi connectivity index (χ4v) is 2.03. The van der Waals surface area contributed by atoms with Crippen molar-refractivity contribution in [3.63, 3.8) is 0 Å². The van der Waals surface area contributed by atoms with Gasteiger partial charge in [0.15, 0.2) is 0 Å². The highest BCUT2D eigenvalue weighted by Gasteiger charge is 2.12. The summed E-state index contributed by atoms with van der Waals surface area (Å²) in [5, 5.41) is 0.384. The van der Waals surface area contributed by atoms with Gasteiger partial charge in [0.25, 0.3) is 0 Å². The molecule has 94 valence electrons. The Morgan fingerprint density at radius 1 is 1.53 bits per heavy atom. The van der Waals surface area contributed by atoms with Gasteiger partial charge < -0.3 is 4.74 Å². The molecule has 0 aliphatic heterocycles. The lowest BCUT2D eigenvalue weighted by atomic mass is 10.1. The standard InChI is InChI=1S/C12H13BrCl2O2/c1-2-17-12(16)6-5-10(14)8-3-4-9(13)11(15)7-8/h3-4,7,10H,2,5-6H2,1H3. The average molecular weight is 340 g/mol. The van der Waals surface area contributed by atoms with Gasteiger partial charge in [0, 0.05) is 10.9 Å². The van der Waals surface area contributed by atoms with Crippen molar-refractivity contribution in [1.29, 1.82) is 0 Å². The van der Waals surface area contributed by atoms with Gasteiger partial charge in [-0.2, -0.15) is 0 Å². The minimum atomic E-state index is -0.231. The van der Waals surface area contributed by atoms with Gasteiger partial charge in [-0.1, -0.05) is 17.7 Å². The number of alkyl halides is 1. The lowest BCUT2D eigenvalue weighted by Gasteiger charge is -2.10. The number of halogens is 3. The maximum atomic E-state index is 11.2. The molecule has 0 spiro atoms. The maximum absolute atomic E-state index is 11.2. The van der Waals surface area contributed by atoms with Crippen molar-refractivity contribution in [2.24, 2.45) is 0 Å². The zero-order valence-electron chi connectivity index (χ0n) is 9.38. The van der Waals surface area contributed by atoms with E-state index in [9.17, 15) is 4.79 Å². The Bertz CT molecular complexity index is 396. The highest BCUT2D eigenvalue weighted by molar-refractivity contribution is 9.10. The summed E-state index contributed by atoms with van der Waals surface area (Å²) < 4.78 is 5.67. The van der Waals surface area contributed by atoms with Crippen LogP contribution in [0, 0.1) is 0 Å². The van der Waals surface area contributed by atoms with Crippen LogP contribution in [0.2, 0.25) is 5.02 Å². The molecule has 0 N–H and O–H groups in total. The summed E-state index contributed by atoms with van der Waals surface area (Å²) in [5.41, 5.74) is 0.907. The first-order valence-electron chi connectivity index (χ1n) is 5.29. The molecule has 1 atom stereocenters. The SMILES string of the molecule is CCOC(=O)CCC(Cl)c1ccc(Br)c(Cl)c1. The van der Waals surface area contributed by atoms with E-state index >= 15 is 0 Å². The molecule has 0 aliphatic carbocycles. The third kappa shape index (κ3) is 4.86. The van der Waals surface area contributed by atoms with Crippen LogP contribution in [-0.4, -0.2) is 12.6 Å². The fraction of sp³-hybridized carbons (Fsp3) is 0.417. The van der Waals surface area contributed by atoms with Gasteiger partial charge in [0.2, 0.25) is 0 Å². The summed E-state index contributed by atoms with van der Waals surface area (Å²) in [4.78, 5) is 11.2. The van der Waals surface area contributed by atoms with Crippen LogP contribution < -0.4 is 0 Å². The Kier molecular flexibility index (Phi) is 6.31. The number of hydrogen-bond donors (Lipinski definition) is 0. The van der Waals surface area contributed by atoms with E-state index in [1.807, 2.05) is 12.1 Å². The molecule has 1 rings (SSSR count). The monoisotopic (exact) mass is 338 g/mol. The second kappa shape index (κ2) is 7.24. The molecule has 0 radical (unpaired) electrons. The molecule has 0 fully saturated rings. The number of benzene rings is 1. The average Bonchev–Trinajstić information content (AvgIpc) is 2.30. The third-order valence-electron chi connectivity index (χ3n) is 2.21. The van der Waals surface area contributed by atoms with Crippen molar-refractivity contribution >= 4 is 45.1 Å². The minimum Gasteiger partial charge on any atom is -0.466 e. The number of carbonyl (C=O) groups is 1. The Balaban J connectivity index is 2.54. The largest absolute Gasteiger partial charge is 0.466 e. The van der Waals surface area contributed by atoms with E-state index in [2.05, 4.69) is 15.9 Å². The van der Waals surface area contributed by atoms with Crippen LogP contribution in [0.3, 0.4) is 0 Å². The second-order valence-corrected chi connectivity index (χ2v) is 5.27. The third-order valence-corrected chi connectivity index (χ3v) is 3.92. The summed E-state index contributed by atoms with van der Waals surface area (Å²) in [6.07, 6.45) is 0.855. The summed E-state index contributed by atoms with van der Waals surface area (Å²) >= 11 is 15.5. The van der Waals surface area contributed by atoms with E-state index in [0.29, 0.717) is 24.5 Å². The molecule has 0 heterocycles. The normalized spacial score (nSPS) is 12.2. The van der Waals surface area contributed by atoms with Gasteiger partial charge in [-0.15, -0.1) is 11.6 Å². The molecule has 1 unspecified atom stereocenters. The number of hydrogen-bond acceptors (Lipinski definition) is 2. The first-order chi connectivity index (χ1) is 8.04. The van der Waals surface area contributed by atoms with E-state index in [-0.39, 0.29) is 11.3 Å². The topological polar surface area (TPSA) is 26.3 Å². The molecule has 1 aromatic rings. The van der Waals surface area contributed by atoms with Gasteiger partial charge in [0.05, 0.1) is 17.0 Å². The van der Waals surface area contributed by atoms with Gasteiger partial charge in [0.1, 0.15) is 0 Å². The van der Waals surface area contributed by atoms with E-state index in [1.165, 1.54) is 0 Å². The summed E-state index contributed by atoms with van der Waals surface area (Å²) in [6.45, 7) is 2.18.